The molecule has 0 amide bonds. The summed E-state index contributed by atoms with van der Waals surface area (Å²) in [5.41, 5.74) is -16.8. The zero-order valence-electron chi connectivity index (χ0n) is 28.2. The van der Waals surface area contributed by atoms with E-state index in [-0.39, 0.29) is 13.2 Å². The minimum absolute atomic E-state index is 0.195. The number of halogens is 30. The molecule has 0 aromatic rings. The summed E-state index contributed by atoms with van der Waals surface area (Å²) in [6.07, 6.45) is -37.0. The van der Waals surface area contributed by atoms with Crippen LogP contribution in [0.5, 0.6) is 0 Å². The van der Waals surface area contributed by atoms with Gasteiger partial charge in [-0.25, -0.2) is 8.78 Å². The van der Waals surface area contributed by atoms with E-state index in [9.17, 15) is 149 Å². The molecule has 62 heavy (non-hydrogen) atoms. The molecule has 0 radical (unpaired) electrons. The van der Waals surface area contributed by atoms with E-state index in [0.717, 1.165) is 12.8 Å². The first-order valence-electron chi connectivity index (χ1n) is 14.1. The van der Waals surface area contributed by atoms with Gasteiger partial charge in [-0.15, -0.1) is 0 Å². The molecule has 0 bridgehead atoms. The van der Waals surface area contributed by atoms with Gasteiger partial charge in [0.05, 0.1) is 11.5 Å². The highest BCUT2D eigenvalue weighted by molar-refractivity contribution is 7.86. The number of unbranched alkanes of at least 4 members (excludes halogenated alkanes) is 1. The standard InChI is InChI=1S/2C9H5F15O3S.C4H10O2/c2*10-3(11,1-2-28(25,26)27)5(13,14)7(17,18)6(15,16)4(12,8(19,20)21)9(22,23)24;5-3-1-2-4-6/h2*1-2H2,(H,25,26,27);5-6H,1-4H2. The third-order valence-electron chi connectivity index (χ3n) is 6.84. The molecule has 0 fully saturated rings. The second kappa shape index (κ2) is 18.9. The Balaban J connectivity index is -0.000000990. The van der Waals surface area contributed by atoms with Crippen LogP contribution in [-0.4, -0.2) is 144 Å². The Morgan fingerprint density at radius 2 is 0.484 bits per heavy atom. The van der Waals surface area contributed by atoms with E-state index >= 15 is 0 Å². The quantitative estimate of drug-likeness (QED) is 0.0641. The number of aliphatic hydroxyl groups excluding tert-OH is 2. The second-order valence-corrected chi connectivity index (χ2v) is 14.5. The monoisotopic (exact) mass is 1050 g/mol. The van der Waals surface area contributed by atoms with Crippen molar-refractivity contribution in [2.24, 2.45) is 0 Å². The topological polar surface area (TPSA) is 149 Å². The highest BCUT2D eigenvalue weighted by Crippen LogP contribution is 2.66. The van der Waals surface area contributed by atoms with Crippen LogP contribution >= 0.6 is 0 Å². The summed E-state index contributed by atoms with van der Waals surface area (Å²) in [7, 11) is -11.3. The highest BCUT2D eigenvalue weighted by atomic mass is 32.2. The fraction of sp³-hybridized carbons (Fsp3) is 1.00. The van der Waals surface area contributed by atoms with Crippen molar-refractivity contribution < 1.29 is 168 Å². The summed E-state index contributed by atoms with van der Waals surface area (Å²) < 4.78 is 440. The van der Waals surface area contributed by atoms with E-state index in [1.807, 2.05) is 0 Å². The van der Waals surface area contributed by atoms with Gasteiger partial charge in [-0.1, -0.05) is 0 Å². The van der Waals surface area contributed by atoms with Crippen LogP contribution in [0.2, 0.25) is 0 Å². The van der Waals surface area contributed by atoms with E-state index in [1.54, 1.807) is 0 Å². The predicted molar refractivity (Wildman–Crippen MR) is 137 cm³/mol. The Morgan fingerprint density at radius 3 is 0.613 bits per heavy atom. The number of rotatable bonds is 17. The molecule has 0 aliphatic heterocycles. The van der Waals surface area contributed by atoms with Crippen molar-refractivity contribution in [3.63, 3.8) is 0 Å². The largest absolute Gasteiger partial charge is 0.438 e. The number of aliphatic hydroxyl groups is 2. The fourth-order valence-electron chi connectivity index (χ4n) is 3.37. The van der Waals surface area contributed by atoms with Gasteiger partial charge in [0.1, 0.15) is 0 Å². The van der Waals surface area contributed by atoms with Gasteiger partial charge in [-0.2, -0.15) is 140 Å². The van der Waals surface area contributed by atoms with Crippen molar-refractivity contribution >= 4 is 20.2 Å². The Labute approximate surface area is 322 Å². The van der Waals surface area contributed by atoms with Gasteiger partial charge in [0.25, 0.3) is 20.2 Å². The summed E-state index contributed by atoms with van der Waals surface area (Å²) in [5.74, 6) is -68.1. The molecule has 8 nitrogen and oxygen atoms in total. The molecular weight excluding hydrogens is 1030 g/mol. The second-order valence-electron chi connectivity index (χ2n) is 11.4. The summed E-state index contributed by atoms with van der Waals surface area (Å²) >= 11 is 0. The lowest BCUT2D eigenvalue weighted by Crippen LogP contribution is -2.75. The Hall–Kier alpha value is -2.36. The minimum atomic E-state index is -8.55. The number of hydrogen-bond acceptors (Lipinski definition) is 6. The maximum Gasteiger partial charge on any atom is 0.438 e. The lowest BCUT2D eigenvalue weighted by Gasteiger charge is -2.43. The SMILES string of the molecule is O=S(=O)(O)CCC(F)(F)C(F)(F)C(F)(F)C(F)(F)C(F)(C(F)(F)F)C(F)(F)F.O=S(=O)(O)CCC(F)(F)C(F)(F)C(F)(F)C(F)(F)C(F)(C(F)(F)F)C(F)(F)F.OCCCCO. The van der Waals surface area contributed by atoms with Crippen molar-refractivity contribution in [1.29, 1.82) is 0 Å². The van der Waals surface area contributed by atoms with Gasteiger partial charge in [0.2, 0.25) is 0 Å². The first-order valence-corrected chi connectivity index (χ1v) is 17.3. The summed E-state index contributed by atoms with van der Waals surface area (Å²) in [4.78, 5) is 0. The molecule has 0 aliphatic rings. The van der Waals surface area contributed by atoms with Crippen molar-refractivity contribution in [3.8, 4) is 0 Å². The van der Waals surface area contributed by atoms with Crippen LogP contribution < -0.4 is 0 Å². The predicted octanol–water partition coefficient (Wildman–Crippen LogP) is 9.03. The molecule has 0 aliphatic carbocycles. The zero-order chi connectivity index (χ0) is 51.7. The van der Waals surface area contributed by atoms with Crippen LogP contribution in [0.15, 0.2) is 0 Å². The van der Waals surface area contributed by atoms with Crippen LogP contribution in [0, 0.1) is 0 Å². The van der Waals surface area contributed by atoms with Crippen molar-refractivity contribution in [3.05, 3.63) is 0 Å². The molecule has 4 N–H and O–H groups in total. The normalized spacial score (nSPS) is 15.7. The molecule has 0 rings (SSSR count). The lowest BCUT2D eigenvalue weighted by molar-refractivity contribution is -0.457. The van der Waals surface area contributed by atoms with Crippen molar-refractivity contribution in [2.75, 3.05) is 24.7 Å². The van der Waals surface area contributed by atoms with E-state index in [4.69, 9.17) is 19.3 Å². The molecule has 0 aromatic carbocycles. The molecular formula is C22H20F30O8S2. The third kappa shape index (κ3) is 12.3. The molecule has 0 aromatic heterocycles. The van der Waals surface area contributed by atoms with Gasteiger partial charge in [0.15, 0.2) is 0 Å². The van der Waals surface area contributed by atoms with Crippen LogP contribution in [0.1, 0.15) is 25.7 Å². The summed E-state index contributed by atoms with van der Waals surface area (Å²) in [6.45, 7) is 0.390. The molecule has 0 unspecified atom stereocenters. The van der Waals surface area contributed by atoms with Crippen LogP contribution in [0.4, 0.5) is 132 Å². The minimum Gasteiger partial charge on any atom is -0.396 e. The number of alkyl halides is 30. The van der Waals surface area contributed by atoms with E-state index < -0.39 is 128 Å². The lowest BCUT2D eigenvalue weighted by atomic mass is 9.85. The molecule has 378 valence electrons. The first-order chi connectivity index (χ1) is 26.3. The van der Waals surface area contributed by atoms with Crippen LogP contribution in [0.3, 0.4) is 0 Å². The smallest absolute Gasteiger partial charge is 0.396 e. The average Bonchev–Trinajstić information content (AvgIpc) is 3.01. The fourth-order valence-corrected chi connectivity index (χ4v) is 4.40. The first kappa shape index (κ1) is 63.9. The van der Waals surface area contributed by atoms with Gasteiger partial charge in [-0.3, -0.25) is 9.11 Å². The van der Waals surface area contributed by atoms with Crippen molar-refractivity contribution in [1.82, 2.24) is 0 Å². The molecule has 0 spiro atoms. The zero-order valence-corrected chi connectivity index (χ0v) is 29.9. The van der Waals surface area contributed by atoms with Crippen LogP contribution in [0.25, 0.3) is 0 Å². The summed E-state index contributed by atoms with van der Waals surface area (Å²) in [5, 5.41) is 16.2. The van der Waals surface area contributed by atoms with E-state index in [1.165, 1.54) is 0 Å². The van der Waals surface area contributed by atoms with E-state index in [2.05, 4.69) is 0 Å². The molecule has 0 atom stereocenters. The van der Waals surface area contributed by atoms with Crippen molar-refractivity contribution in [2.45, 2.75) is 109 Å². The average molecular weight is 1050 g/mol. The van der Waals surface area contributed by atoms with Crippen LogP contribution in [-0.2, 0) is 20.2 Å². The molecule has 0 heterocycles. The molecule has 0 saturated heterocycles. The Kier molecular flexibility index (Phi) is 19.4. The van der Waals surface area contributed by atoms with Gasteiger partial charge < -0.3 is 10.2 Å². The van der Waals surface area contributed by atoms with Gasteiger partial charge in [-0.05, 0) is 12.8 Å². The Morgan fingerprint density at radius 1 is 0.306 bits per heavy atom. The van der Waals surface area contributed by atoms with Gasteiger partial charge in [0, 0.05) is 26.1 Å². The Bertz CT molecular complexity index is 1510. The highest BCUT2D eigenvalue weighted by Gasteiger charge is 2.97. The van der Waals surface area contributed by atoms with E-state index in [0.29, 0.717) is 0 Å². The van der Waals surface area contributed by atoms with Gasteiger partial charge >= 0.3 is 83.4 Å². The third-order valence-corrected chi connectivity index (χ3v) is 8.28. The maximum absolute atomic E-state index is 13.2. The molecule has 40 heteroatoms. The maximum atomic E-state index is 13.2. The number of hydrogen-bond donors (Lipinski definition) is 4. The summed E-state index contributed by atoms with van der Waals surface area (Å²) in [6, 6.07) is 0. The molecule has 0 saturated carbocycles.